The summed E-state index contributed by atoms with van der Waals surface area (Å²) in [5.41, 5.74) is 2.30. The lowest BCUT2D eigenvalue weighted by molar-refractivity contribution is 0.198. The third kappa shape index (κ3) is 2.15. The summed E-state index contributed by atoms with van der Waals surface area (Å²) in [4.78, 5) is 0. The van der Waals surface area contributed by atoms with E-state index in [0.717, 1.165) is 17.8 Å². The SMILES string of the molecule is CCc1cc(C(O)c2c(Cl)cnn2C)n(CC)n1. The summed E-state index contributed by atoms with van der Waals surface area (Å²) in [7, 11) is 1.76. The Balaban J connectivity index is 2.45. The van der Waals surface area contributed by atoms with Crippen molar-refractivity contribution in [3.05, 3.63) is 34.4 Å². The van der Waals surface area contributed by atoms with Crippen molar-refractivity contribution in [1.29, 1.82) is 0 Å². The van der Waals surface area contributed by atoms with Gasteiger partial charge in [0.2, 0.25) is 0 Å². The highest BCUT2D eigenvalue weighted by atomic mass is 35.5. The van der Waals surface area contributed by atoms with Crippen LogP contribution >= 0.6 is 11.6 Å². The second-order valence-corrected chi connectivity index (χ2v) is 4.54. The quantitative estimate of drug-likeness (QED) is 0.922. The van der Waals surface area contributed by atoms with Crippen LogP contribution in [0.4, 0.5) is 0 Å². The number of rotatable bonds is 4. The third-order valence-corrected chi connectivity index (χ3v) is 3.29. The first-order valence-electron chi connectivity index (χ1n) is 6.00. The van der Waals surface area contributed by atoms with Crippen LogP contribution in [0.25, 0.3) is 0 Å². The smallest absolute Gasteiger partial charge is 0.139 e. The molecule has 0 spiro atoms. The zero-order valence-electron chi connectivity index (χ0n) is 10.8. The third-order valence-electron chi connectivity index (χ3n) is 3.00. The molecule has 0 fully saturated rings. The predicted octanol–water partition coefficient (Wildman–Crippen LogP) is 1.93. The van der Waals surface area contributed by atoms with Crippen LogP contribution < -0.4 is 0 Å². The van der Waals surface area contributed by atoms with Crippen molar-refractivity contribution >= 4 is 11.6 Å². The Kier molecular flexibility index (Phi) is 3.73. The van der Waals surface area contributed by atoms with Crippen LogP contribution in [-0.4, -0.2) is 24.7 Å². The zero-order chi connectivity index (χ0) is 13.3. The van der Waals surface area contributed by atoms with Gasteiger partial charge in [0.25, 0.3) is 0 Å². The highest BCUT2D eigenvalue weighted by molar-refractivity contribution is 6.31. The van der Waals surface area contributed by atoms with Crippen LogP contribution in [-0.2, 0) is 20.0 Å². The van der Waals surface area contributed by atoms with Gasteiger partial charge < -0.3 is 5.11 Å². The van der Waals surface area contributed by atoms with E-state index in [0.29, 0.717) is 17.3 Å². The molecule has 0 aliphatic rings. The van der Waals surface area contributed by atoms with E-state index in [1.165, 1.54) is 6.20 Å². The topological polar surface area (TPSA) is 55.9 Å². The molecule has 0 saturated heterocycles. The van der Waals surface area contributed by atoms with E-state index in [1.54, 1.807) is 16.4 Å². The Morgan fingerprint density at radius 2 is 2.17 bits per heavy atom. The molecule has 1 unspecified atom stereocenters. The van der Waals surface area contributed by atoms with Crippen molar-refractivity contribution < 1.29 is 5.11 Å². The summed E-state index contributed by atoms with van der Waals surface area (Å²) in [5.74, 6) is 0. The van der Waals surface area contributed by atoms with Crippen LogP contribution in [0.3, 0.4) is 0 Å². The molecule has 0 aromatic carbocycles. The zero-order valence-corrected chi connectivity index (χ0v) is 11.5. The number of aliphatic hydroxyl groups is 1. The van der Waals surface area contributed by atoms with Gasteiger partial charge in [0.15, 0.2) is 0 Å². The van der Waals surface area contributed by atoms with Crippen molar-refractivity contribution in [2.45, 2.75) is 32.9 Å². The minimum atomic E-state index is -0.808. The second kappa shape index (κ2) is 5.12. The number of hydrogen-bond acceptors (Lipinski definition) is 3. The number of aliphatic hydroxyl groups excluding tert-OH is 1. The molecular formula is C12H17ClN4O. The number of halogens is 1. The van der Waals surface area contributed by atoms with Crippen molar-refractivity contribution in [3.63, 3.8) is 0 Å². The number of nitrogens with zero attached hydrogens (tertiary/aromatic N) is 4. The molecule has 18 heavy (non-hydrogen) atoms. The summed E-state index contributed by atoms with van der Waals surface area (Å²) >= 11 is 6.05. The maximum Gasteiger partial charge on any atom is 0.139 e. The molecule has 2 heterocycles. The molecular weight excluding hydrogens is 252 g/mol. The lowest BCUT2D eigenvalue weighted by Gasteiger charge is -2.13. The van der Waals surface area contributed by atoms with Gasteiger partial charge in [-0.3, -0.25) is 9.36 Å². The molecule has 2 aromatic rings. The summed E-state index contributed by atoms with van der Waals surface area (Å²) in [5, 5.41) is 19.4. The van der Waals surface area contributed by atoms with Gasteiger partial charge in [0.05, 0.1) is 28.3 Å². The normalized spacial score (nSPS) is 12.9. The van der Waals surface area contributed by atoms with Gasteiger partial charge in [0, 0.05) is 13.6 Å². The second-order valence-electron chi connectivity index (χ2n) is 4.13. The van der Waals surface area contributed by atoms with Gasteiger partial charge in [-0.2, -0.15) is 10.2 Å². The van der Waals surface area contributed by atoms with E-state index in [-0.39, 0.29) is 0 Å². The van der Waals surface area contributed by atoms with E-state index in [9.17, 15) is 5.11 Å². The molecule has 0 saturated carbocycles. The molecule has 98 valence electrons. The largest absolute Gasteiger partial charge is 0.380 e. The van der Waals surface area contributed by atoms with Crippen LogP contribution in [0.1, 0.15) is 37.0 Å². The molecule has 5 nitrogen and oxygen atoms in total. The fourth-order valence-electron chi connectivity index (χ4n) is 2.00. The Labute approximate surface area is 111 Å². The van der Waals surface area contributed by atoms with E-state index in [4.69, 9.17) is 11.6 Å². The Bertz CT molecular complexity index is 527. The van der Waals surface area contributed by atoms with Crippen LogP contribution in [0, 0.1) is 0 Å². The molecule has 0 aliphatic carbocycles. The van der Waals surface area contributed by atoms with Crippen LogP contribution in [0.5, 0.6) is 0 Å². The van der Waals surface area contributed by atoms with Crippen molar-refractivity contribution in [2.24, 2.45) is 7.05 Å². The summed E-state index contributed by atoms with van der Waals surface area (Å²) in [6.45, 7) is 4.74. The summed E-state index contributed by atoms with van der Waals surface area (Å²) in [6, 6.07) is 1.91. The standard InChI is InChI=1S/C12H17ClN4O/c1-4-8-6-10(17(5-2)15-8)12(18)11-9(13)7-14-16(11)3/h6-7,12,18H,4-5H2,1-3H3. The Morgan fingerprint density at radius 1 is 1.44 bits per heavy atom. The van der Waals surface area contributed by atoms with Gasteiger partial charge in [-0.25, -0.2) is 0 Å². The summed E-state index contributed by atoms with van der Waals surface area (Å²) < 4.78 is 3.39. The van der Waals surface area contributed by atoms with Gasteiger partial charge in [-0.1, -0.05) is 18.5 Å². The first-order valence-corrected chi connectivity index (χ1v) is 6.38. The van der Waals surface area contributed by atoms with Gasteiger partial charge in [-0.05, 0) is 19.4 Å². The molecule has 2 rings (SSSR count). The number of hydrogen-bond donors (Lipinski definition) is 1. The van der Waals surface area contributed by atoms with Crippen molar-refractivity contribution in [3.8, 4) is 0 Å². The molecule has 0 radical (unpaired) electrons. The lowest BCUT2D eigenvalue weighted by atomic mass is 10.1. The summed E-state index contributed by atoms with van der Waals surface area (Å²) in [6.07, 6.45) is 1.57. The maximum atomic E-state index is 10.5. The molecule has 0 bridgehead atoms. The lowest BCUT2D eigenvalue weighted by Crippen LogP contribution is -2.12. The van der Waals surface area contributed by atoms with Crippen molar-refractivity contribution in [2.75, 3.05) is 0 Å². The molecule has 0 amide bonds. The monoisotopic (exact) mass is 268 g/mol. The molecule has 1 N–H and O–H groups in total. The van der Waals surface area contributed by atoms with Crippen LogP contribution in [0.15, 0.2) is 12.3 Å². The van der Waals surface area contributed by atoms with Gasteiger partial charge >= 0.3 is 0 Å². The highest BCUT2D eigenvalue weighted by Crippen LogP contribution is 2.28. The Morgan fingerprint density at radius 3 is 2.67 bits per heavy atom. The maximum absolute atomic E-state index is 10.5. The predicted molar refractivity (Wildman–Crippen MR) is 69.6 cm³/mol. The van der Waals surface area contributed by atoms with E-state index in [2.05, 4.69) is 10.2 Å². The molecule has 2 aromatic heterocycles. The van der Waals surface area contributed by atoms with E-state index in [1.807, 2.05) is 19.9 Å². The fourth-order valence-corrected chi connectivity index (χ4v) is 2.27. The minimum Gasteiger partial charge on any atom is -0.380 e. The van der Waals surface area contributed by atoms with Gasteiger partial charge in [-0.15, -0.1) is 0 Å². The average molecular weight is 269 g/mol. The number of aryl methyl sites for hydroxylation is 3. The van der Waals surface area contributed by atoms with Crippen LogP contribution in [0.2, 0.25) is 5.02 Å². The molecule has 6 heteroatoms. The first-order chi connectivity index (χ1) is 8.58. The molecule has 0 aliphatic heterocycles. The van der Waals surface area contributed by atoms with E-state index >= 15 is 0 Å². The minimum absolute atomic E-state index is 0.465. The van der Waals surface area contributed by atoms with Gasteiger partial charge in [0.1, 0.15) is 6.10 Å². The highest BCUT2D eigenvalue weighted by Gasteiger charge is 2.22. The first kappa shape index (κ1) is 13.1. The van der Waals surface area contributed by atoms with Crippen molar-refractivity contribution in [1.82, 2.24) is 19.6 Å². The Hall–Kier alpha value is -1.33. The average Bonchev–Trinajstić information content (AvgIpc) is 2.92. The van der Waals surface area contributed by atoms with E-state index < -0.39 is 6.10 Å². The number of aromatic nitrogens is 4. The fraction of sp³-hybridized carbons (Fsp3) is 0.500. The molecule has 1 atom stereocenters.